The maximum Gasteiger partial charge on any atom is 0.259 e. The van der Waals surface area contributed by atoms with Gasteiger partial charge in [-0.2, -0.15) is 5.10 Å². The van der Waals surface area contributed by atoms with Crippen molar-refractivity contribution in [2.75, 3.05) is 5.43 Å². The number of aromatic nitrogens is 2. The minimum atomic E-state index is -0.142. The van der Waals surface area contributed by atoms with E-state index >= 15 is 0 Å². The Hall–Kier alpha value is -3.70. The summed E-state index contributed by atoms with van der Waals surface area (Å²) >= 11 is 6.01. The first-order valence-electron chi connectivity index (χ1n) is 12.5. The molecule has 1 heterocycles. The number of fused-ring (bicyclic) bond motifs is 4. The summed E-state index contributed by atoms with van der Waals surface area (Å²) in [5.41, 5.74) is 8.93. The van der Waals surface area contributed by atoms with E-state index in [1.54, 1.807) is 10.8 Å². The molecule has 1 spiro atoms. The van der Waals surface area contributed by atoms with Gasteiger partial charge in [0.1, 0.15) is 0 Å². The van der Waals surface area contributed by atoms with Crippen LogP contribution in [0.25, 0.3) is 11.3 Å². The number of benzene rings is 3. The largest absolute Gasteiger partial charge is 0.273 e. The summed E-state index contributed by atoms with van der Waals surface area (Å²) in [7, 11) is 0. The van der Waals surface area contributed by atoms with Crippen LogP contribution in [0.15, 0.2) is 88.8 Å². The highest BCUT2D eigenvalue weighted by Gasteiger charge is 2.44. The highest BCUT2D eigenvalue weighted by atomic mass is 35.5. The van der Waals surface area contributed by atoms with Gasteiger partial charge in [-0.05, 0) is 48.1 Å². The lowest BCUT2D eigenvalue weighted by Gasteiger charge is -2.36. The molecule has 1 fully saturated rings. The van der Waals surface area contributed by atoms with Gasteiger partial charge < -0.3 is 0 Å². The normalized spacial score (nSPS) is 15.7. The van der Waals surface area contributed by atoms with E-state index in [4.69, 9.17) is 16.6 Å². The van der Waals surface area contributed by atoms with Crippen molar-refractivity contribution in [3.63, 3.8) is 0 Å². The molecule has 1 aromatic heterocycles. The molecular formula is C30H27ClN4O. The molecule has 3 aromatic carbocycles. The lowest BCUT2D eigenvalue weighted by Crippen LogP contribution is -2.40. The van der Waals surface area contributed by atoms with E-state index in [1.807, 2.05) is 60.7 Å². The first-order chi connectivity index (χ1) is 17.6. The minimum Gasteiger partial charge on any atom is -0.273 e. The smallest absolute Gasteiger partial charge is 0.259 e. The van der Waals surface area contributed by atoms with Crippen LogP contribution >= 0.6 is 11.6 Å². The quantitative estimate of drug-likeness (QED) is 0.257. The summed E-state index contributed by atoms with van der Waals surface area (Å²) in [5.74, 6) is 0.442. The Morgan fingerprint density at radius 1 is 0.972 bits per heavy atom. The topological polar surface area (TPSA) is 59.3 Å². The summed E-state index contributed by atoms with van der Waals surface area (Å²) < 4.78 is 1.75. The average molecular weight is 495 g/mol. The lowest BCUT2D eigenvalue weighted by atomic mass is 9.68. The molecule has 4 aromatic rings. The van der Waals surface area contributed by atoms with Gasteiger partial charge >= 0.3 is 0 Å². The second-order valence-corrected chi connectivity index (χ2v) is 10.2. The van der Waals surface area contributed by atoms with Crippen molar-refractivity contribution >= 4 is 23.8 Å². The van der Waals surface area contributed by atoms with Crippen LogP contribution in [0.1, 0.15) is 47.9 Å². The Bertz CT molecular complexity index is 1490. The highest BCUT2D eigenvalue weighted by Crippen LogP contribution is 2.49. The summed E-state index contributed by atoms with van der Waals surface area (Å²) in [4.78, 5) is 19.4. The first-order valence-corrected chi connectivity index (χ1v) is 12.8. The minimum absolute atomic E-state index is 0.0319. The summed E-state index contributed by atoms with van der Waals surface area (Å²) in [6.45, 7) is 0.427. The number of hydrogen-bond donors (Lipinski definition) is 1. The van der Waals surface area contributed by atoms with E-state index in [9.17, 15) is 4.79 Å². The van der Waals surface area contributed by atoms with Crippen LogP contribution in [0.5, 0.6) is 0 Å². The molecule has 0 saturated heterocycles. The molecule has 1 saturated carbocycles. The third-order valence-electron chi connectivity index (χ3n) is 7.49. The van der Waals surface area contributed by atoms with E-state index < -0.39 is 0 Å². The molecule has 0 unspecified atom stereocenters. The summed E-state index contributed by atoms with van der Waals surface area (Å²) in [6, 6.07) is 25.9. The second-order valence-electron chi connectivity index (χ2n) is 9.78. The number of anilines is 1. The number of nitrogens with zero attached hydrogens (tertiary/aromatic N) is 3. The number of halogens is 1. The van der Waals surface area contributed by atoms with Crippen LogP contribution in [0.4, 0.5) is 5.95 Å². The van der Waals surface area contributed by atoms with Crippen molar-refractivity contribution in [1.29, 1.82) is 0 Å². The molecular weight excluding hydrogens is 468 g/mol. The zero-order valence-electron chi connectivity index (χ0n) is 20.0. The SMILES string of the molecule is O=c1c2c(nc(N/N=C\c3ccc(Cl)cc3)n1Cc1ccccc1)-c1ccccc1CC21CCCC1. The highest BCUT2D eigenvalue weighted by molar-refractivity contribution is 6.30. The third-order valence-corrected chi connectivity index (χ3v) is 7.75. The van der Waals surface area contributed by atoms with Gasteiger partial charge in [0.2, 0.25) is 5.95 Å². The van der Waals surface area contributed by atoms with Crippen LogP contribution in [0.3, 0.4) is 0 Å². The monoisotopic (exact) mass is 494 g/mol. The van der Waals surface area contributed by atoms with Gasteiger partial charge in [-0.25, -0.2) is 10.4 Å². The Labute approximate surface area is 215 Å². The van der Waals surface area contributed by atoms with Crippen molar-refractivity contribution in [2.24, 2.45) is 5.10 Å². The molecule has 0 amide bonds. The number of rotatable bonds is 5. The zero-order valence-corrected chi connectivity index (χ0v) is 20.7. The maximum absolute atomic E-state index is 14.3. The predicted octanol–water partition coefficient (Wildman–Crippen LogP) is 6.43. The lowest BCUT2D eigenvalue weighted by molar-refractivity contribution is 0.422. The molecule has 0 atom stereocenters. The maximum atomic E-state index is 14.3. The van der Waals surface area contributed by atoms with E-state index in [-0.39, 0.29) is 11.0 Å². The first kappa shape index (κ1) is 22.7. The molecule has 6 heteroatoms. The Kier molecular flexibility index (Phi) is 5.94. The Morgan fingerprint density at radius 2 is 1.69 bits per heavy atom. The number of nitrogens with one attached hydrogen (secondary N) is 1. The molecule has 0 bridgehead atoms. The third kappa shape index (κ3) is 4.14. The second kappa shape index (κ2) is 9.40. The van der Waals surface area contributed by atoms with Crippen LogP contribution in [-0.2, 0) is 18.4 Å². The van der Waals surface area contributed by atoms with Crippen molar-refractivity contribution in [2.45, 2.75) is 44.1 Å². The van der Waals surface area contributed by atoms with Gasteiger partial charge in [0, 0.05) is 16.0 Å². The number of hydrogen-bond acceptors (Lipinski definition) is 4. The zero-order chi connectivity index (χ0) is 24.5. The van der Waals surface area contributed by atoms with E-state index in [0.29, 0.717) is 17.5 Å². The van der Waals surface area contributed by atoms with Crippen molar-refractivity contribution < 1.29 is 0 Å². The molecule has 2 aliphatic rings. The Balaban J connectivity index is 1.50. The van der Waals surface area contributed by atoms with Crippen LogP contribution < -0.4 is 11.0 Å². The van der Waals surface area contributed by atoms with E-state index in [1.165, 1.54) is 5.56 Å². The molecule has 5 nitrogen and oxygen atoms in total. The van der Waals surface area contributed by atoms with Crippen molar-refractivity contribution in [1.82, 2.24) is 9.55 Å². The molecule has 1 N–H and O–H groups in total. The standard InChI is InChI=1S/C30H27ClN4O/c31-24-14-12-21(13-15-24)19-32-34-29-33-27-25-11-5-4-10-23(25)18-30(16-6-7-17-30)26(27)28(36)35(29)20-22-8-2-1-3-9-22/h1-5,8-15,19H,6-7,16-18,20H2,(H,33,34)/b32-19-. The van der Waals surface area contributed by atoms with Crippen LogP contribution in [-0.4, -0.2) is 15.8 Å². The van der Waals surface area contributed by atoms with Crippen LogP contribution in [0, 0.1) is 0 Å². The van der Waals surface area contributed by atoms with E-state index in [2.05, 4.69) is 28.7 Å². The average Bonchev–Trinajstić information content (AvgIpc) is 3.36. The van der Waals surface area contributed by atoms with Crippen molar-refractivity contribution in [3.8, 4) is 11.3 Å². The molecule has 2 aliphatic carbocycles. The predicted molar refractivity (Wildman–Crippen MR) is 146 cm³/mol. The molecule has 36 heavy (non-hydrogen) atoms. The fourth-order valence-corrected chi connectivity index (χ4v) is 5.90. The summed E-state index contributed by atoms with van der Waals surface area (Å²) in [5, 5.41) is 5.11. The Morgan fingerprint density at radius 3 is 2.47 bits per heavy atom. The molecule has 6 rings (SSSR count). The van der Waals surface area contributed by atoms with Gasteiger partial charge in [0.15, 0.2) is 0 Å². The molecule has 0 radical (unpaired) electrons. The molecule has 0 aliphatic heterocycles. The molecule has 180 valence electrons. The summed E-state index contributed by atoms with van der Waals surface area (Å²) in [6.07, 6.45) is 6.95. The fraction of sp³-hybridized carbons (Fsp3) is 0.233. The van der Waals surface area contributed by atoms with Gasteiger partial charge in [0.25, 0.3) is 5.56 Å². The van der Waals surface area contributed by atoms with Gasteiger partial charge in [-0.1, -0.05) is 91.2 Å². The van der Waals surface area contributed by atoms with Crippen molar-refractivity contribution in [3.05, 3.63) is 116 Å². The van der Waals surface area contributed by atoms with Gasteiger partial charge in [0.05, 0.1) is 24.0 Å². The van der Waals surface area contributed by atoms with Gasteiger partial charge in [-0.3, -0.25) is 9.36 Å². The van der Waals surface area contributed by atoms with Crippen LogP contribution in [0.2, 0.25) is 5.02 Å². The fourth-order valence-electron chi connectivity index (χ4n) is 5.78. The van der Waals surface area contributed by atoms with Gasteiger partial charge in [-0.15, -0.1) is 0 Å². The number of hydrazone groups is 1. The van der Waals surface area contributed by atoms with E-state index in [0.717, 1.165) is 60.1 Å².